The van der Waals surface area contributed by atoms with Crippen LogP contribution in [0.15, 0.2) is 4.99 Å². The fourth-order valence-electron chi connectivity index (χ4n) is 3.15. The Bertz CT molecular complexity index is 579. The molecule has 1 aliphatic heterocycles. The first-order valence-electron chi connectivity index (χ1n) is 9.22. The summed E-state index contributed by atoms with van der Waals surface area (Å²) in [5.74, 6) is 1.12. The molecule has 1 aromatic heterocycles. The van der Waals surface area contributed by atoms with Crippen LogP contribution in [0.4, 0.5) is 0 Å². The van der Waals surface area contributed by atoms with Crippen LogP contribution >= 0.6 is 11.3 Å². The van der Waals surface area contributed by atoms with Crippen molar-refractivity contribution >= 4 is 23.2 Å². The monoisotopic (exact) mass is 365 g/mol. The fourth-order valence-corrected chi connectivity index (χ4v) is 4.08. The van der Waals surface area contributed by atoms with Gasteiger partial charge >= 0.3 is 0 Å². The van der Waals surface area contributed by atoms with Gasteiger partial charge in [-0.15, -0.1) is 11.3 Å². The SMILES string of the molecule is CCC(CCNC(=NC)NCCc1nc(C)c(C)s1)N1CCCC1=O. The number of guanidine groups is 1. The highest BCUT2D eigenvalue weighted by molar-refractivity contribution is 7.11. The second-order valence-electron chi connectivity index (χ2n) is 6.47. The molecule has 140 valence electrons. The molecule has 1 saturated heterocycles. The predicted octanol–water partition coefficient (Wildman–Crippen LogP) is 2.26. The van der Waals surface area contributed by atoms with Crippen molar-refractivity contribution in [3.8, 4) is 0 Å². The Balaban J connectivity index is 1.69. The van der Waals surface area contributed by atoms with Crippen LogP contribution in [0.5, 0.6) is 0 Å². The molecule has 0 aliphatic carbocycles. The third-order valence-electron chi connectivity index (χ3n) is 4.72. The van der Waals surface area contributed by atoms with Crippen LogP contribution in [0.3, 0.4) is 0 Å². The molecule has 1 fully saturated rings. The van der Waals surface area contributed by atoms with E-state index in [2.05, 4.69) is 41.4 Å². The van der Waals surface area contributed by atoms with Gasteiger partial charge in [0.15, 0.2) is 5.96 Å². The van der Waals surface area contributed by atoms with Crippen LogP contribution in [0.25, 0.3) is 0 Å². The van der Waals surface area contributed by atoms with E-state index in [0.717, 1.165) is 62.0 Å². The van der Waals surface area contributed by atoms with Crippen molar-refractivity contribution < 1.29 is 4.79 Å². The molecule has 7 heteroatoms. The normalized spacial score (nSPS) is 16.4. The summed E-state index contributed by atoms with van der Waals surface area (Å²) in [6.07, 6.45) is 4.57. The van der Waals surface area contributed by atoms with Gasteiger partial charge in [-0.25, -0.2) is 4.98 Å². The van der Waals surface area contributed by atoms with Crippen LogP contribution in [0, 0.1) is 13.8 Å². The number of hydrogen-bond acceptors (Lipinski definition) is 4. The topological polar surface area (TPSA) is 69.6 Å². The molecule has 1 aromatic rings. The Kier molecular flexibility index (Phi) is 7.68. The van der Waals surface area contributed by atoms with E-state index < -0.39 is 0 Å². The average molecular weight is 366 g/mol. The van der Waals surface area contributed by atoms with Crippen molar-refractivity contribution in [3.63, 3.8) is 0 Å². The number of hydrogen-bond donors (Lipinski definition) is 2. The van der Waals surface area contributed by atoms with Gasteiger partial charge in [-0.05, 0) is 33.1 Å². The van der Waals surface area contributed by atoms with Crippen molar-refractivity contribution in [1.82, 2.24) is 20.5 Å². The lowest BCUT2D eigenvalue weighted by Gasteiger charge is -2.27. The highest BCUT2D eigenvalue weighted by Crippen LogP contribution is 2.18. The predicted molar refractivity (Wildman–Crippen MR) is 104 cm³/mol. The number of nitrogens with one attached hydrogen (secondary N) is 2. The lowest BCUT2D eigenvalue weighted by atomic mass is 10.1. The van der Waals surface area contributed by atoms with E-state index in [9.17, 15) is 4.79 Å². The molecule has 1 atom stereocenters. The second-order valence-corrected chi connectivity index (χ2v) is 7.75. The molecular weight excluding hydrogens is 334 g/mol. The van der Waals surface area contributed by atoms with Gasteiger partial charge < -0.3 is 15.5 Å². The maximum atomic E-state index is 11.9. The van der Waals surface area contributed by atoms with Crippen LogP contribution in [0.1, 0.15) is 48.2 Å². The summed E-state index contributed by atoms with van der Waals surface area (Å²) in [5.41, 5.74) is 1.13. The molecule has 1 amide bonds. The second kappa shape index (κ2) is 9.75. The molecule has 0 radical (unpaired) electrons. The summed E-state index contributed by atoms with van der Waals surface area (Å²) in [4.78, 5) is 24.1. The summed E-state index contributed by atoms with van der Waals surface area (Å²) >= 11 is 1.76. The first-order valence-corrected chi connectivity index (χ1v) is 10.0. The van der Waals surface area contributed by atoms with Gasteiger partial charge in [0, 0.05) is 50.4 Å². The number of carbonyl (C=O) groups excluding carboxylic acids is 1. The first kappa shape index (κ1) is 19.7. The van der Waals surface area contributed by atoms with E-state index >= 15 is 0 Å². The number of rotatable bonds is 8. The Morgan fingerprint density at radius 2 is 2.12 bits per heavy atom. The minimum absolute atomic E-state index is 0.309. The van der Waals surface area contributed by atoms with E-state index in [1.54, 1.807) is 18.4 Å². The summed E-state index contributed by atoms with van der Waals surface area (Å²) in [5, 5.41) is 7.86. The molecular formula is C18H31N5OS. The Hall–Kier alpha value is -1.63. The Morgan fingerprint density at radius 1 is 1.36 bits per heavy atom. The van der Waals surface area contributed by atoms with Crippen LogP contribution in [0.2, 0.25) is 0 Å². The molecule has 2 heterocycles. The van der Waals surface area contributed by atoms with Crippen molar-refractivity contribution in [1.29, 1.82) is 0 Å². The maximum Gasteiger partial charge on any atom is 0.222 e. The number of thiazole rings is 1. The number of carbonyl (C=O) groups is 1. The van der Waals surface area contributed by atoms with Gasteiger partial charge in [-0.1, -0.05) is 6.92 Å². The Morgan fingerprint density at radius 3 is 2.68 bits per heavy atom. The van der Waals surface area contributed by atoms with E-state index in [1.165, 1.54) is 4.88 Å². The van der Waals surface area contributed by atoms with Crippen molar-refractivity contribution in [2.75, 3.05) is 26.7 Å². The van der Waals surface area contributed by atoms with E-state index in [4.69, 9.17) is 0 Å². The van der Waals surface area contributed by atoms with E-state index in [0.29, 0.717) is 18.4 Å². The van der Waals surface area contributed by atoms with Gasteiger partial charge in [-0.3, -0.25) is 9.79 Å². The number of amides is 1. The van der Waals surface area contributed by atoms with Gasteiger partial charge in [0.1, 0.15) is 0 Å². The lowest BCUT2D eigenvalue weighted by molar-refractivity contribution is -0.129. The van der Waals surface area contributed by atoms with Crippen molar-refractivity contribution in [3.05, 3.63) is 15.6 Å². The van der Waals surface area contributed by atoms with Crippen molar-refractivity contribution in [2.45, 2.75) is 58.9 Å². The zero-order valence-corrected chi connectivity index (χ0v) is 16.7. The number of nitrogens with zero attached hydrogens (tertiary/aromatic N) is 3. The summed E-state index contributed by atoms with van der Waals surface area (Å²) in [6.45, 7) is 8.86. The summed E-state index contributed by atoms with van der Waals surface area (Å²) < 4.78 is 0. The zero-order valence-electron chi connectivity index (χ0n) is 15.9. The third-order valence-corrected chi connectivity index (χ3v) is 5.85. The smallest absolute Gasteiger partial charge is 0.222 e. The van der Waals surface area contributed by atoms with Gasteiger partial charge in [0.05, 0.1) is 10.7 Å². The van der Waals surface area contributed by atoms with E-state index in [-0.39, 0.29) is 0 Å². The first-order chi connectivity index (χ1) is 12.0. The van der Waals surface area contributed by atoms with Crippen LogP contribution < -0.4 is 10.6 Å². The molecule has 25 heavy (non-hydrogen) atoms. The summed E-state index contributed by atoms with van der Waals surface area (Å²) in [7, 11) is 1.79. The molecule has 6 nitrogen and oxygen atoms in total. The largest absolute Gasteiger partial charge is 0.356 e. The Labute approximate surface area is 155 Å². The highest BCUT2D eigenvalue weighted by atomic mass is 32.1. The van der Waals surface area contributed by atoms with Crippen LogP contribution in [-0.2, 0) is 11.2 Å². The zero-order chi connectivity index (χ0) is 18.2. The molecule has 1 aliphatic rings. The number of aryl methyl sites for hydroxylation is 2. The minimum Gasteiger partial charge on any atom is -0.356 e. The number of aromatic nitrogens is 1. The molecule has 0 spiro atoms. The van der Waals surface area contributed by atoms with Gasteiger partial charge in [0.25, 0.3) is 0 Å². The molecule has 2 rings (SSSR count). The quantitative estimate of drug-likeness (QED) is 0.548. The average Bonchev–Trinajstić information content (AvgIpc) is 3.15. The molecule has 0 bridgehead atoms. The molecule has 0 saturated carbocycles. The number of likely N-dealkylation sites (tertiary alicyclic amines) is 1. The fraction of sp³-hybridized carbons (Fsp3) is 0.722. The minimum atomic E-state index is 0.309. The molecule has 1 unspecified atom stereocenters. The molecule has 2 N–H and O–H groups in total. The lowest BCUT2D eigenvalue weighted by Crippen LogP contribution is -2.42. The standard InChI is InChI=1S/C18H31N5OS/c1-5-15(23-12-6-7-17(23)24)8-10-20-18(19-4)21-11-9-16-22-13(2)14(3)25-16/h15H,5-12H2,1-4H3,(H2,19,20,21). The van der Waals surface area contributed by atoms with Crippen molar-refractivity contribution in [2.24, 2.45) is 4.99 Å². The summed E-state index contributed by atoms with van der Waals surface area (Å²) in [6, 6.07) is 0.335. The van der Waals surface area contributed by atoms with E-state index in [1.807, 2.05) is 4.90 Å². The third kappa shape index (κ3) is 5.70. The van der Waals surface area contributed by atoms with Gasteiger partial charge in [-0.2, -0.15) is 0 Å². The highest BCUT2D eigenvalue weighted by Gasteiger charge is 2.26. The van der Waals surface area contributed by atoms with Crippen LogP contribution in [-0.4, -0.2) is 54.5 Å². The molecule has 0 aromatic carbocycles. The number of aliphatic imine (C=N–C) groups is 1. The van der Waals surface area contributed by atoms with Gasteiger partial charge in [0.2, 0.25) is 5.91 Å². The maximum absolute atomic E-state index is 11.9.